The number of carbonyl (C=O) groups is 1. The Hall–Kier alpha value is -0.290. The molecule has 0 radical (unpaired) electrons. The fraction of sp³-hybridized carbons (Fsp3) is 0.500. The standard InChI is InChI=1S/C14H18BrClN2O.ClH/c1-9(17)13-4-2-3-7-18(13)14(19)11-8-10(16)5-6-12(11)15;/h5-6,8-9,13H,2-4,7,17H2,1H3;1H. The Bertz CT molecular complexity index is 482. The topological polar surface area (TPSA) is 46.3 Å². The smallest absolute Gasteiger partial charge is 0.255 e. The number of nitrogens with zero attached hydrogens (tertiary/aromatic N) is 1. The summed E-state index contributed by atoms with van der Waals surface area (Å²) in [5.74, 6) is 0.0105. The van der Waals surface area contributed by atoms with Crippen LogP contribution in [0.2, 0.25) is 5.02 Å². The lowest BCUT2D eigenvalue weighted by Gasteiger charge is -2.38. The van der Waals surface area contributed by atoms with Crippen molar-refractivity contribution in [3.05, 3.63) is 33.3 Å². The Balaban J connectivity index is 0.00000200. The first kappa shape index (κ1) is 17.8. The van der Waals surface area contributed by atoms with Gasteiger partial charge in [0.15, 0.2) is 0 Å². The summed E-state index contributed by atoms with van der Waals surface area (Å²) >= 11 is 9.40. The first-order valence-corrected chi connectivity index (χ1v) is 7.69. The second-order valence-corrected chi connectivity index (χ2v) is 6.34. The van der Waals surface area contributed by atoms with Crippen LogP contribution in [-0.2, 0) is 0 Å². The highest BCUT2D eigenvalue weighted by atomic mass is 79.9. The van der Waals surface area contributed by atoms with Crippen molar-refractivity contribution in [2.75, 3.05) is 6.54 Å². The van der Waals surface area contributed by atoms with Crippen LogP contribution in [0.3, 0.4) is 0 Å². The molecule has 2 N–H and O–H groups in total. The highest BCUT2D eigenvalue weighted by Gasteiger charge is 2.30. The number of halogens is 3. The third-order valence-corrected chi connectivity index (χ3v) is 4.50. The molecule has 1 aromatic carbocycles. The lowest BCUT2D eigenvalue weighted by atomic mass is 9.96. The van der Waals surface area contributed by atoms with E-state index in [4.69, 9.17) is 17.3 Å². The lowest BCUT2D eigenvalue weighted by Crippen LogP contribution is -2.51. The minimum absolute atomic E-state index is 0. The zero-order chi connectivity index (χ0) is 14.0. The molecule has 0 saturated carbocycles. The second kappa shape index (κ2) is 7.64. The Kier molecular flexibility index (Phi) is 6.79. The largest absolute Gasteiger partial charge is 0.334 e. The monoisotopic (exact) mass is 380 g/mol. The number of carbonyl (C=O) groups excluding carboxylic acids is 1. The van der Waals surface area contributed by atoms with E-state index >= 15 is 0 Å². The van der Waals surface area contributed by atoms with E-state index in [1.165, 1.54) is 0 Å². The van der Waals surface area contributed by atoms with Crippen LogP contribution in [0.5, 0.6) is 0 Å². The van der Waals surface area contributed by atoms with Gasteiger partial charge in [0.25, 0.3) is 5.91 Å². The van der Waals surface area contributed by atoms with Crippen molar-refractivity contribution in [3.63, 3.8) is 0 Å². The highest BCUT2D eigenvalue weighted by molar-refractivity contribution is 9.10. The van der Waals surface area contributed by atoms with Gasteiger partial charge in [-0.05, 0) is 60.3 Å². The van der Waals surface area contributed by atoms with E-state index in [0.717, 1.165) is 30.3 Å². The van der Waals surface area contributed by atoms with E-state index in [2.05, 4.69) is 15.9 Å². The molecule has 6 heteroatoms. The summed E-state index contributed by atoms with van der Waals surface area (Å²) in [5, 5.41) is 0.570. The number of hydrogen-bond acceptors (Lipinski definition) is 2. The van der Waals surface area contributed by atoms with E-state index in [0.29, 0.717) is 10.6 Å². The first-order chi connectivity index (χ1) is 9.00. The molecule has 1 aromatic rings. The van der Waals surface area contributed by atoms with Crippen molar-refractivity contribution in [3.8, 4) is 0 Å². The third kappa shape index (κ3) is 3.88. The quantitative estimate of drug-likeness (QED) is 0.845. The van der Waals surface area contributed by atoms with Gasteiger partial charge in [-0.25, -0.2) is 0 Å². The molecule has 1 heterocycles. The van der Waals surface area contributed by atoms with Gasteiger partial charge in [-0.1, -0.05) is 11.6 Å². The minimum atomic E-state index is -0.0118. The van der Waals surface area contributed by atoms with E-state index in [9.17, 15) is 4.79 Å². The van der Waals surface area contributed by atoms with Crippen LogP contribution in [0, 0.1) is 0 Å². The number of rotatable bonds is 2. The van der Waals surface area contributed by atoms with Gasteiger partial charge in [0.05, 0.1) is 5.56 Å². The highest BCUT2D eigenvalue weighted by Crippen LogP contribution is 2.26. The van der Waals surface area contributed by atoms with Crippen molar-refractivity contribution in [2.45, 2.75) is 38.3 Å². The van der Waals surface area contributed by atoms with E-state index in [-0.39, 0.29) is 30.4 Å². The van der Waals surface area contributed by atoms with Gasteiger partial charge in [0.2, 0.25) is 0 Å². The van der Waals surface area contributed by atoms with Crippen LogP contribution in [0.25, 0.3) is 0 Å². The molecule has 2 atom stereocenters. The molecule has 0 bridgehead atoms. The van der Waals surface area contributed by atoms with Gasteiger partial charge in [-0.2, -0.15) is 0 Å². The molecule has 1 saturated heterocycles. The third-order valence-electron chi connectivity index (χ3n) is 3.58. The predicted octanol–water partition coefficient (Wildman–Crippen LogP) is 3.87. The molecule has 0 aromatic heterocycles. The number of amides is 1. The number of nitrogens with two attached hydrogens (primary N) is 1. The van der Waals surface area contributed by atoms with Crippen LogP contribution in [0.15, 0.2) is 22.7 Å². The zero-order valence-corrected chi connectivity index (χ0v) is 14.5. The van der Waals surface area contributed by atoms with E-state index < -0.39 is 0 Å². The average molecular weight is 382 g/mol. The molecule has 3 nitrogen and oxygen atoms in total. The number of hydrogen-bond donors (Lipinski definition) is 1. The summed E-state index contributed by atoms with van der Waals surface area (Å²) in [5.41, 5.74) is 6.62. The van der Waals surface area contributed by atoms with E-state index in [1.54, 1.807) is 18.2 Å². The van der Waals surface area contributed by atoms with Crippen molar-refractivity contribution in [1.82, 2.24) is 4.90 Å². The molecule has 2 unspecified atom stereocenters. The van der Waals surface area contributed by atoms with Gasteiger partial charge in [-0.15, -0.1) is 12.4 Å². The van der Waals surface area contributed by atoms with Gasteiger partial charge >= 0.3 is 0 Å². The molecule has 112 valence electrons. The van der Waals surface area contributed by atoms with Gasteiger partial charge in [0.1, 0.15) is 0 Å². The van der Waals surface area contributed by atoms with Crippen molar-refractivity contribution < 1.29 is 4.79 Å². The summed E-state index contributed by atoms with van der Waals surface area (Å²) in [6.07, 6.45) is 3.14. The van der Waals surface area contributed by atoms with Gasteiger partial charge in [0, 0.05) is 28.1 Å². The fourth-order valence-electron chi connectivity index (χ4n) is 2.57. The summed E-state index contributed by atoms with van der Waals surface area (Å²) in [6, 6.07) is 5.39. The molecule has 1 aliphatic rings. The fourth-order valence-corrected chi connectivity index (χ4v) is 3.16. The zero-order valence-electron chi connectivity index (χ0n) is 11.3. The molecular formula is C14H19BrCl2N2O. The summed E-state index contributed by atoms with van der Waals surface area (Å²) in [6.45, 7) is 2.73. The maximum absolute atomic E-state index is 12.7. The van der Waals surface area contributed by atoms with Crippen LogP contribution in [0.1, 0.15) is 36.5 Å². The molecule has 1 amide bonds. The van der Waals surface area contributed by atoms with Crippen LogP contribution >= 0.6 is 39.9 Å². The van der Waals surface area contributed by atoms with Crippen LogP contribution in [-0.4, -0.2) is 29.4 Å². The van der Waals surface area contributed by atoms with Crippen molar-refractivity contribution in [1.29, 1.82) is 0 Å². The summed E-state index contributed by atoms with van der Waals surface area (Å²) in [7, 11) is 0. The van der Waals surface area contributed by atoms with Gasteiger partial charge in [-0.3, -0.25) is 4.79 Å². The Morgan fingerprint density at radius 1 is 1.50 bits per heavy atom. The maximum Gasteiger partial charge on any atom is 0.255 e. The molecule has 2 rings (SSSR count). The van der Waals surface area contributed by atoms with Crippen molar-refractivity contribution >= 4 is 45.8 Å². The van der Waals surface area contributed by atoms with Crippen LogP contribution < -0.4 is 5.73 Å². The molecule has 20 heavy (non-hydrogen) atoms. The predicted molar refractivity (Wildman–Crippen MR) is 88.7 cm³/mol. The SMILES string of the molecule is CC(N)C1CCCCN1C(=O)c1cc(Cl)ccc1Br.Cl. The summed E-state index contributed by atoms with van der Waals surface area (Å²) < 4.78 is 0.774. The Labute approximate surface area is 139 Å². The lowest BCUT2D eigenvalue weighted by molar-refractivity contribution is 0.0583. The molecule has 0 spiro atoms. The normalized spacial score (nSPS) is 20.2. The minimum Gasteiger partial charge on any atom is -0.334 e. The number of likely N-dealkylation sites (tertiary alicyclic amines) is 1. The van der Waals surface area contributed by atoms with Crippen molar-refractivity contribution in [2.24, 2.45) is 5.73 Å². The number of piperidine rings is 1. The second-order valence-electron chi connectivity index (χ2n) is 5.04. The van der Waals surface area contributed by atoms with Crippen LogP contribution in [0.4, 0.5) is 0 Å². The Morgan fingerprint density at radius 3 is 2.85 bits per heavy atom. The molecule has 1 fully saturated rings. The molecular weight excluding hydrogens is 363 g/mol. The average Bonchev–Trinajstić information content (AvgIpc) is 2.40. The summed E-state index contributed by atoms with van der Waals surface area (Å²) in [4.78, 5) is 14.6. The Morgan fingerprint density at radius 2 is 2.20 bits per heavy atom. The molecule has 0 aliphatic carbocycles. The maximum atomic E-state index is 12.7. The van der Waals surface area contributed by atoms with Gasteiger partial charge < -0.3 is 10.6 Å². The first-order valence-electron chi connectivity index (χ1n) is 6.52. The van der Waals surface area contributed by atoms with E-state index in [1.807, 2.05) is 11.8 Å². The molecule has 1 aliphatic heterocycles. The number of benzene rings is 1.